The van der Waals surface area contributed by atoms with Crippen LogP contribution in [0.2, 0.25) is 0 Å². The Bertz CT molecular complexity index is 1030. The van der Waals surface area contributed by atoms with Crippen molar-refractivity contribution < 1.29 is 9.90 Å². The Balaban J connectivity index is 1.41. The van der Waals surface area contributed by atoms with Gasteiger partial charge in [0.05, 0.1) is 12.6 Å². The van der Waals surface area contributed by atoms with Crippen LogP contribution >= 0.6 is 0 Å². The molecule has 1 fully saturated rings. The average Bonchev–Trinajstić information content (AvgIpc) is 3.09. The summed E-state index contributed by atoms with van der Waals surface area (Å²) in [5.74, 6) is 0.477. The monoisotopic (exact) mass is 417 g/mol. The molecule has 0 aliphatic carbocycles. The van der Waals surface area contributed by atoms with Crippen LogP contribution in [0.25, 0.3) is 0 Å². The Labute approximate surface area is 184 Å². The topological polar surface area (TPSA) is 48.7 Å². The normalized spacial score (nSPS) is 15.8. The van der Waals surface area contributed by atoms with Crippen LogP contribution in [-0.4, -0.2) is 53.1 Å². The molecule has 1 aliphatic rings. The fourth-order valence-corrected chi connectivity index (χ4v) is 4.65. The zero-order valence-corrected chi connectivity index (χ0v) is 18.6. The van der Waals surface area contributed by atoms with E-state index in [2.05, 4.69) is 59.4 Å². The van der Waals surface area contributed by atoms with E-state index in [0.29, 0.717) is 6.54 Å². The molecular weight excluding hydrogens is 386 g/mol. The molecule has 1 atom stereocenters. The zero-order chi connectivity index (χ0) is 22.0. The number of phenols is 1. The summed E-state index contributed by atoms with van der Waals surface area (Å²) in [7, 11) is 0. The van der Waals surface area contributed by atoms with Crippen LogP contribution in [0.3, 0.4) is 0 Å². The molecular formula is C26H31N3O2. The summed E-state index contributed by atoms with van der Waals surface area (Å²) in [6, 6.07) is 20.0. The van der Waals surface area contributed by atoms with Gasteiger partial charge in [-0.15, -0.1) is 0 Å². The number of anilines is 1. The van der Waals surface area contributed by atoms with E-state index in [1.54, 1.807) is 12.1 Å². The zero-order valence-electron chi connectivity index (χ0n) is 18.6. The van der Waals surface area contributed by atoms with Crippen LogP contribution in [0.4, 0.5) is 5.69 Å². The number of hydrogen-bond acceptors (Lipinski definition) is 4. The van der Waals surface area contributed by atoms with Crippen LogP contribution in [0.1, 0.15) is 40.3 Å². The number of nitrogens with zero attached hydrogens (tertiary/aromatic N) is 3. The van der Waals surface area contributed by atoms with E-state index >= 15 is 0 Å². The molecule has 2 aromatic carbocycles. The van der Waals surface area contributed by atoms with Crippen molar-refractivity contribution in [3.63, 3.8) is 0 Å². The van der Waals surface area contributed by atoms with Crippen molar-refractivity contribution in [1.82, 2.24) is 9.47 Å². The van der Waals surface area contributed by atoms with Crippen LogP contribution < -0.4 is 4.90 Å². The van der Waals surface area contributed by atoms with Gasteiger partial charge in [-0.3, -0.25) is 9.69 Å². The summed E-state index contributed by atoms with van der Waals surface area (Å²) in [5, 5.41) is 9.48. The molecule has 0 spiro atoms. The van der Waals surface area contributed by atoms with Crippen LogP contribution in [0, 0.1) is 13.8 Å². The van der Waals surface area contributed by atoms with Crippen LogP contribution in [0.15, 0.2) is 60.7 Å². The fraction of sp³-hybridized carbons (Fsp3) is 0.346. The summed E-state index contributed by atoms with van der Waals surface area (Å²) in [6.07, 6.45) is 0. The van der Waals surface area contributed by atoms with E-state index < -0.39 is 0 Å². The largest absolute Gasteiger partial charge is 0.508 e. The maximum Gasteiger partial charge on any atom is 0.178 e. The molecule has 2 heterocycles. The Morgan fingerprint density at radius 3 is 2.26 bits per heavy atom. The summed E-state index contributed by atoms with van der Waals surface area (Å²) in [6.45, 7) is 10.2. The van der Waals surface area contributed by atoms with E-state index in [9.17, 15) is 9.90 Å². The van der Waals surface area contributed by atoms with Crippen molar-refractivity contribution in [2.45, 2.75) is 26.8 Å². The molecule has 1 aliphatic heterocycles. The molecule has 1 saturated heterocycles. The highest BCUT2D eigenvalue weighted by Crippen LogP contribution is 2.26. The van der Waals surface area contributed by atoms with E-state index in [1.165, 1.54) is 5.56 Å². The molecule has 162 valence electrons. The number of piperazine rings is 1. The number of hydrogen-bond donors (Lipinski definition) is 1. The minimum absolute atomic E-state index is 0.191. The first kappa shape index (κ1) is 21.2. The lowest BCUT2D eigenvalue weighted by atomic mass is 10.1. The number of Topliss-reactive ketones (excluding diaryl/α,β-unsaturated/α-hetero) is 1. The number of aromatic hydroxyl groups is 1. The number of ketones is 1. The minimum Gasteiger partial charge on any atom is -0.508 e. The summed E-state index contributed by atoms with van der Waals surface area (Å²) >= 11 is 0. The number of aromatic nitrogens is 1. The quantitative estimate of drug-likeness (QED) is 0.603. The molecule has 31 heavy (non-hydrogen) atoms. The van der Waals surface area contributed by atoms with Gasteiger partial charge in [-0.2, -0.15) is 0 Å². The Morgan fingerprint density at radius 1 is 0.968 bits per heavy atom. The maximum absolute atomic E-state index is 13.2. The Kier molecular flexibility index (Phi) is 6.14. The van der Waals surface area contributed by atoms with Gasteiger partial charge in [0, 0.05) is 48.8 Å². The predicted molar refractivity (Wildman–Crippen MR) is 125 cm³/mol. The highest BCUT2D eigenvalue weighted by Gasteiger charge is 2.23. The number of rotatable bonds is 6. The van der Waals surface area contributed by atoms with E-state index in [4.69, 9.17) is 0 Å². The highest BCUT2D eigenvalue weighted by molar-refractivity contribution is 5.99. The fourth-order valence-electron chi connectivity index (χ4n) is 4.65. The standard InChI is InChI=1S/C26H31N3O2/c1-19-17-25(21(3)29(19)20(2)22-7-5-4-6-8-22)26(31)18-27-13-15-28(16-14-27)23-9-11-24(30)12-10-23/h4-12,17,20,30H,13-16,18H2,1-3H3/t20-/m0/s1. The Hall–Kier alpha value is -3.05. The third-order valence-corrected chi connectivity index (χ3v) is 6.41. The summed E-state index contributed by atoms with van der Waals surface area (Å²) in [5.41, 5.74) is 5.35. The molecule has 0 saturated carbocycles. The van der Waals surface area contributed by atoms with E-state index in [1.807, 2.05) is 24.3 Å². The molecule has 0 amide bonds. The number of benzene rings is 2. The lowest BCUT2D eigenvalue weighted by molar-refractivity contribution is 0.0925. The third kappa shape index (κ3) is 4.52. The van der Waals surface area contributed by atoms with Gasteiger partial charge in [0.2, 0.25) is 0 Å². The van der Waals surface area contributed by atoms with Gasteiger partial charge in [0.25, 0.3) is 0 Å². The SMILES string of the molecule is Cc1cc(C(=O)CN2CCN(c3ccc(O)cc3)CC2)c(C)n1[C@@H](C)c1ccccc1. The van der Waals surface area contributed by atoms with Crippen molar-refractivity contribution in [3.8, 4) is 5.75 Å². The molecule has 1 N–H and O–H groups in total. The van der Waals surface area contributed by atoms with Gasteiger partial charge in [0.15, 0.2) is 5.78 Å². The average molecular weight is 418 g/mol. The first-order valence-electron chi connectivity index (χ1n) is 11.0. The maximum atomic E-state index is 13.2. The Morgan fingerprint density at radius 2 is 1.61 bits per heavy atom. The van der Waals surface area contributed by atoms with Crippen LogP contribution in [0.5, 0.6) is 5.75 Å². The second-order valence-electron chi connectivity index (χ2n) is 8.44. The van der Waals surface area contributed by atoms with Gasteiger partial charge in [0.1, 0.15) is 5.75 Å². The number of phenolic OH excluding ortho intramolecular Hbond substituents is 1. The third-order valence-electron chi connectivity index (χ3n) is 6.41. The first-order chi connectivity index (χ1) is 14.9. The highest BCUT2D eigenvalue weighted by atomic mass is 16.3. The lowest BCUT2D eigenvalue weighted by Crippen LogP contribution is -2.48. The second kappa shape index (κ2) is 8.98. The number of aryl methyl sites for hydroxylation is 1. The van der Waals surface area contributed by atoms with Gasteiger partial charge in [-0.1, -0.05) is 30.3 Å². The van der Waals surface area contributed by atoms with E-state index in [-0.39, 0.29) is 17.6 Å². The van der Waals surface area contributed by atoms with Crippen molar-refractivity contribution in [3.05, 3.63) is 83.2 Å². The molecule has 3 aromatic rings. The van der Waals surface area contributed by atoms with Crippen molar-refractivity contribution in [2.24, 2.45) is 0 Å². The second-order valence-corrected chi connectivity index (χ2v) is 8.44. The molecule has 0 unspecified atom stereocenters. The molecule has 5 nitrogen and oxygen atoms in total. The van der Waals surface area contributed by atoms with Gasteiger partial charge in [-0.25, -0.2) is 0 Å². The molecule has 1 aromatic heterocycles. The molecule has 0 bridgehead atoms. The lowest BCUT2D eigenvalue weighted by Gasteiger charge is -2.35. The van der Waals surface area contributed by atoms with Gasteiger partial charge in [-0.05, 0) is 56.7 Å². The molecule has 4 rings (SSSR count). The first-order valence-corrected chi connectivity index (χ1v) is 11.0. The number of carbonyl (C=O) groups is 1. The molecule has 0 radical (unpaired) electrons. The smallest absolute Gasteiger partial charge is 0.178 e. The van der Waals surface area contributed by atoms with E-state index in [0.717, 1.165) is 48.8 Å². The predicted octanol–water partition coefficient (Wildman–Crippen LogP) is 4.42. The number of carbonyl (C=O) groups excluding carboxylic acids is 1. The van der Waals surface area contributed by atoms with Crippen molar-refractivity contribution in [1.29, 1.82) is 0 Å². The van der Waals surface area contributed by atoms with Crippen LogP contribution in [-0.2, 0) is 0 Å². The summed E-state index contributed by atoms with van der Waals surface area (Å²) < 4.78 is 2.27. The van der Waals surface area contributed by atoms with Gasteiger partial charge < -0.3 is 14.6 Å². The minimum atomic E-state index is 0.191. The summed E-state index contributed by atoms with van der Waals surface area (Å²) in [4.78, 5) is 17.7. The van der Waals surface area contributed by atoms with Crippen molar-refractivity contribution >= 4 is 11.5 Å². The molecule has 5 heteroatoms. The van der Waals surface area contributed by atoms with Gasteiger partial charge >= 0.3 is 0 Å². The van der Waals surface area contributed by atoms with Crippen molar-refractivity contribution in [2.75, 3.05) is 37.6 Å².